The maximum atomic E-state index is 6.26. The molecule has 0 aliphatic heterocycles. The molecule has 3 atom stereocenters. The van der Waals surface area contributed by atoms with E-state index in [0.717, 1.165) is 29.8 Å². The molecule has 4 nitrogen and oxygen atoms in total. The molecule has 1 fully saturated rings. The highest BCUT2D eigenvalue weighted by Gasteiger charge is 2.29. The van der Waals surface area contributed by atoms with E-state index in [1.807, 2.05) is 18.2 Å². The molecule has 0 saturated heterocycles. The highest BCUT2D eigenvalue weighted by atomic mass is 35.5. The third-order valence-electron chi connectivity index (χ3n) is 3.58. The fourth-order valence-corrected chi connectivity index (χ4v) is 2.89. The van der Waals surface area contributed by atoms with E-state index in [2.05, 4.69) is 11.9 Å². The third-order valence-corrected chi connectivity index (χ3v) is 4.03. The molecule has 5 heteroatoms. The summed E-state index contributed by atoms with van der Waals surface area (Å²) in [6.45, 7) is 2.58. The molecule has 0 aromatic heterocycles. The number of anilines is 1. The van der Waals surface area contributed by atoms with Gasteiger partial charge in [-0.15, -0.1) is 11.6 Å². The van der Waals surface area contributed by atoms with Gasteiger partial charge in [-0.3, -0.25) is 4.99 Å². The average molecular weight is 281 g/mol. The zero-order valence-corrected chi connectivity index (χ0v) is 11.9. The van der Waals surface area contributed by atoms with E-state index in [-0.39, 0.29) is 11.4 Å². The van der Waals surface area contributed by atoms with Gasteiger partial charge in [0.25, 0.3) is 0 Å². The Bertz CT molecular complexity index is 486. The molecule has 19 heavy (non-hydrogen) atoms. The minimum Gasteiger partial charge on any atom is -0.398 e. The van der Waals surface area contributed by atoms with Crippen LogP contribution in [0.15, 0.2) is 23.2 Å². The quantitative estimate of drug-likeness (QED) is 0.573. The van der Waals surface area contributed by atoms with Crippen LogP contribution in [0, 0.1) is 5.92 Å². The highest BCUT2D eigenvalue weighted by Crippen LogP contribution is 2.28. The van der Waals surface area contributed by atoms with Gasteiger partial charge >= 0.3 is 0 Å². The monoisotopic (exact) mass is 280 g/mol. The first-order valence-electron chi connectivity index (χ1n) is 6.56. The van der Waals surface area contributed by atoms with Crippen molar-refractivity contribution < 1.29 is 0 Å². The SMILES string of the molecule is CC1CC(=Nc2ccc(N)c(CN)c2)C(N)C(Cl)C1. The van der Waals surface area contributed by atoms with Crippen molar-refractivity contribution in [1.82, 2.24) is 0 Å². The topological polar surface area (TPSA) is 90.4 Å². The Morgan fingerprint density at radius 3 is 2.84 bits per heavy atom. The van der Waals surface area contributed by atoms with Gasteiger partial charge in [-0.25, -0.2) is 0 Å². The van der Waals surface area contributed by atoms with Crippen LogP contribution >= 0.6 is 11.6 Å². The highest BCUT2D eigenvalue weighted by molar-refractivity contribution is 6.23. The van der Waals surface area contributed by atoms with Crippen molar-refractivity contribution >= 4 is 28.7 Å². The summed E-state index contributed by atoms with van der Waals surface area (Å²) >= 11 is 6.26. The molecule has 6 N–H and O–H groups in total. The van der Waals surface area contributed by atoms with E-state index in [1.54, 1.807) is 0 Å². The molecule has 1 saturated carbocycles. The van der Waals surface area contributed by atoms with E-state index in [4.69, 9.17) is 28.8 Å². The van der Waals surface area contributed by atoms with Crippen LogP contribution in [0.4, 0.5) is 11.4 Å². The first-order chi connectivity index (χ1) is 9.01. The van der Waals surface area contributed by atoms with Crippen molar-refractivity contribution in [3.63, 3.8) is 0 Å². The molecule has 3 unspecified atom stereocenters. The summed E-state index contributed by atoms with van der Waals surface area (Å²) in [6.07, 6.45) is 1.84. The fourth-order valence-electron chi connectivity index (χ4n) is 2.44. The summed E-state index contributed by atoms with van der Waals surface area (Å²) in [5.74, 6) is 0.517. The standard InChI is InChI=1S/C14H21ClN4/c1-8-4-11(15)14(18)13(5-8)19-10-2-3-12(17)9(6-10)7-16/h2-3,6,8,11,14H,4-5,7,16-18H2,1H3. The molecule has 1 aromatic carbocycles. The lowest BCUT2D eigenvalue weighted by atomic mass is 9.85. The second kappa shape index (κ2) is 5.90. The van der Waals surface area contributed by atoms with Gasteiger partial charge in [-0.2, -0.15) is 0 Å². The molecule has 2 rings (SSSR count). The lowest BCUT2D eigenvalue weighted by molar-refractivity contribution is 0.479. The van der Waals surface area contributed by atoms with Gasteiger partial charge in [-0.05, 0) is 42.5 Å². The number of hydrogen-bond donors (Lipinski definition) is 3. The van der Waals surface area contributed by atoms with Crippen molar-refractivity contribution in [1.29, 1.82) is 0 Å². The van der Waals surface area contributed by atoms with Crippen LogP contribution in [0.2, 0.25) is 0 Å². The van der Waals surface area contributed by atoms with Gasteiger partial charge in [0.1, 0.15) is 0 Å². The van der Waals surface area contributed by atoms with Crippen molar-refractivity contribution in [3.05, 3.63) is 23.8 Å². The van der Waals surface area contributed by atoms with Crippen molar-refractivity contribution in [2.75, 3.05) is 5.73 Å². The lowest BCUT2D eigenvalue weighted by Crippen LogP contribution is -2.44. The van der Waals surface area contributed by atoms with Crippen LogP contribution in [0.5, 0.6) is 0 Å². The van der Waals surface area contributed by atoms with E-state index in [9.17, 15) is 0 Å². The van der Waals surface area contributed by atoms with Crippen LogP contribution in [0.3, 0.4) is 0 Å². The second-order valence-corrected chi connectivity index (χ2v) is 5.84. The Morgan fingerprint density at radius 1 is 1.42 bits per heavy atom. The molecule has 0 radical (unpaired) electrons. The number of aliphatic imine (C=N–C) groups is 1. The summed E-state index contributed by atoms with van der Waals surface area (Å²) in [5, 5.41) is -0.0368. The molecule has 0 bridgehead atoms. The van der Waals surface area contributed by atoms with Gasteiger partial charge in [0.2, 0.25) is 0 Å². The van der Waals surface area contributed by atoms with E-state index in [0.29, 0.717) is 18.2 Å². The van der Waals surface area contributed by atoms with Crippen molar-refractivity contribution in [2.24, 2.45) is 22.4 Å². The summed E-state index contributed by atoms with van der Waals surface area (Å²) in [5.41, 5.74) is 21.0. The zero-order chi connectivity index (χ0) is 14.0. The number of alkyl halides is 1. The molecule has 0 amide bonds. The maximum absolute atomic E-state index is 6.26. The number of nitrogen functional groups attached to an aromatic ring is 1. The molecule has 0 heterocycles. The fraction of sp³-hybridized carbons (Fsp3) is 0.500. The number of nitrogens with zero attached hydrogens (tertiary/aromatic N) is 1. The molecular weight excluding hydrogens is 260 g/mol. The van der Waals surface area contributed by atoms with Gasteiger partial charge < -0.3 is 17.2 Å². The van der Waals surface area contributed by atoms with E-state index >= 15 is 0 Å². The lowest BCUT2D eigenvalue weighted by Gasteiger charge is -2.30. The Balaban J connectivity index is 2.29. The van der Waals surface area contributed by atoms with Crippen LogP contribution in [0.25, 0.3) is 0 Å². The van der Waals surface area contributed by atoms with Crippen LogP contribution in [-0.4, -0.2) is 17.1 Å². The van der Waals surface area contributed by atoms with Crippen molar-refractivity contribution in [3.8, 4) is 0 Å². The normalized spacial score (nSPS) is 29.7. The predicted molar refractivity (Wildman–Crippen MR) is 81.9 cm³/mol. The third kappa shape index (κ3) is 3.26. The minimum atomic E-state index is -0.170. The van der Waals surface area contributed by atoms with Crippen LogP contribution in [-0.2, 0) is 6.54 Å². The number of halogens is 1. The minimum absolute atomic E-state index is 0.0368. The Kier molecular flexibility index (Phi) is 4.45. The number of rotatable bonds is 2. The molecule has 1 aromatic rings. The Labute approximate surface area is 119 Å². The summed E-state index contributed by atoms with van der Waals surface area (Å²) < 4.78 is 0. The first kappa shape index (κ1) is 14.3. The summed E-state index contributed by atoms with van der Waals surface area (Å²) in [4.78, 5) is 4.65. The molecular formula is C14H21ClN4. The summed E-state index contributed by atoms with van der Waals surface area (Å²) in [7, 11) is 0. The molecule has 1 aliphatic carbocycles. The van der Waals surface area contributed by atoms with Crippen molar-refractivity contribution in [2.45, 2.75) is 37.7 Å². The van der Waals surface area contributed by atoms with E-state index < -0.39 is 0 Å². The van der Waals surface area contributed by atoms with Gasteiger partial charge in [-0.1, -0.05) is 6.92 Å². The van der Waals surface area contributed by atoms with Gasteiger partial charge in [0, 0.05) is 17.9 Å². The first-order valence-corrected chi connectivity index (χ1v) is 7.00. The molecule has 1 aliphatic rings. The second-order valence-electron chi connectivity index (χ2n) is 5.28. The molecule has 0 spiro atoms. The van der Waals surface area contributed by atoms with E-state index in [1.165, 1.54) is 0 Å². The predicted octanol–water partition coefficient (Wildman–Crippen LogP) is 2.16. The smallest absolute Gasteiger partial charge is 0.0634 e. The summed E-state index contributed by atoms with van der Waals surface area (Å²) in [6, 6.07) is 5.46. The Morgan fingerprint density at radius 2 is 2.16 bits per heavy atom. The molecule has 104 valence electrons. The van der Waals surface area contributed by atoms with Crippen LogP contribution < -0.4 is 17.2 Å². The number of benzene rings is 1. The van der Waals surface area contributed by atoms with Gasteiger partial charge in [0.05, 0.1) is 17.1 Å². The van der Waals surface area contributed by atoms with Crippen LogP contribution in [0.1, 0.15) is 25.3 Å². The largest absolute Gasteiger partial charge is 0.398 e. The number of hydrogen-bond acceptors (Lipinski definition) is 4. The average Bonchev–Trinajstić information content (AvgIpc) is 2.37. The maximum Gasteiger partial charge on any atom is 0.0634 e. The number of nitrogens with two attached hydrogens (primary N) is 3. The Hall–Kier alpha value is -1.10. The van der Waals surface area contributed by atoms with Gasteiger partial charge in [0.15, 0.2) is 0 Å². The zero-order valence-electron chi connectivity index (χ0n) is 11.1.